The fraction of sp³-hybridized carbons (Fsp3) is 0.778. The Morgan fingerprint density at radius 2 is 2.07 bits per heavy atom. The van der Waals surface area contributed by atoms with Crippen molar-refractivity contribution >= 4 is 11.9 Å². The van der Waals surface area contributed by atoms with Crippen molar-refractivity contribution in [2.24, 2.45) is 11.7 Å². The Labute approximate surface area is 83.7 Å². The molecule has 0 spiro atoms. The molecule has 0 aliphatic rings. The normalized spacial score (nSPS) is 14.7. The molecule has 0 fully saturated rings. The third-order valence-corrected chi connectivity index (χ3v) is 2.34. The molecule has 0 heterocycles. The molecule has 0 aliphatic carbocycles. The van der Waals surface area contributed by atoms with E-state index < -0.39 is 17.9 Å². The molecule has 0 aromatic carbocycles. The highest BCUT2D eigenvalue weighted by Crippen LogP contribution is 2.02. The summed E-state index contributed by atoms with van der Waals surface area (Å²) in [4.78, 5) is 21.1. The summed E-state index contributed by atoms with van der Waals surface area (Å²) in [5.74, 6) is -1.46. The molecule has 4 N–H and O–H groups in total. The van der Waals surface area contributed by atoms with Gasteiger partial charge in [0.15, 0.2) is 0 Å². The molecule has 1 amide bonds. The Hall–Kier alpha value is -1.10. The van der Waals surface area contributed by atoms with E-state index >= 15 is 0 Å². The number of aliphatic carboxylic acids is 1. The summed E-state index contributed by atoms with van der Waals surface area (Å²) < 4.78 is 0. The quantitative estimate of drug-likeness (QED) is 0.481. The predicted molar refractivity (Wildman–Crippen MR) is 48.9 cm³/mol. The summed E-state index contributed by atoms with van der Waals surface area (Å²) in [6.45, 7) is 4.17. The van der Waals surface area contributed by atoms with Gasteiger partial charge in [-0.1, -0.05) is 13.8 Å². The molecule has 5 heteroatoms. The smallest absolute Gasteiger partial charge is 0.223 e. The largest absolute Gasteiger partial charge is 0.544 e. The zero-order valence-corrected chi connectivity index (χ0v) is 8.66. The Balaban J connectivity index is 3.98. The first-order valence-electron chi connectivity index (χ1n) is 4.81. The number of hydrogen-bond acceptors (Lipinski definition) is 3. The van der Waals surface area contributed by atoms with Gasteiger partial charge >= 0.3 is 0 Å². The van der Waals surface area contributed by atoms with Crippen LogP contribution in [0.3, 0.4) is 0 Å². The number of carboxylic acids is 1. The lowest BCUT2D eigenvalue weighted by Crippen LogP contribution is -2.94. The Morgan fingerprint density at radius 1 is 1.50 bits per heavy atom. The van der Waals surface area contributed by atoms with Gasteiger partial charge in [0.25, 0.3) is 0 Å². The maximum atomic E-state index is 10.7. The van der Waals surface area contributed by atoms with Gasteiger partial charge in [0.2, 0.25) is 5.91 Å². The first-order valence-corrected chi connectivity index (χ1v) is 4.81. The van der Waals surface area contributed by atoms with Crippen molar-refractivity contribution < 1.29 is 20.0 Å². The number of amides is 1. The van der Waals surface area contributed by atoms with Crippen LogP contribution in [0, 0.1) is 5.92 Å². The molecule has 2 atom stereocenters. The molecule has 0 bridgehead atoms. The lowest BCUT2D eigenvalue weighted by molar-refractivity contribution is -0.688. The minimum Gasteiger partial charge on any atom is -0.544 e. The second-order valence-corrected chi connectivity index (χ2v) is 3.47. The molecule has 0 rings (SSSR count). The van der Waals surface area contributed by atoms with Gasteiger partial charge < -0.3 is 21.0 Å². The fourth-order valence-electron chi connectivity index (χ4n) is 1.22. The van der Waals surface area contributed by atoms with Crippen LogP contribution in [0.5, 0.6) is 0 Å². The van der Waals surface area contributed by atoms with Crippen LogP contribution >= 0.6 is 0 Å². The van der Waals surface area contributed by atoms with Crippen LogP contribution in [-0.4, -0.2) is 24.5 Å². The number of primary amides is 1. The van der Waals surface area contributed by atoms with Gasteiger partial charge in [-0.3, -0.25) is 4.79 Å². The van der Waals surface area contributed by atoms with Crippen LogP contribution in [0.1, 0.15) is 26.7 Å². The maximum absolute atomic E-state index is 10.7. The number of carbonyl (C=O) groups is 2. The molecule has 0 radical (unpaired) electrons. The highest BCUT2D eigenvalue weighted by molar-refractivity contribution is 5.73. The van der Waals surface area contributed by atoms with E-state index in [2.05, 4.69) is 0 Å². The van der Waals surface area contributed by atoms with Gasteiger partial charge in [0.05, 0.1) is 18.9 Å². The number of carbonyl (C=O) groups excluding carboxylic acids is 2. The number of nitrogens with two attached hydrogens (primary N) is 2. The number of quaternary nitrogens is 1. The van der Waals surface area contributed by atoms with Gasteiger partial charge in [-0.15, -0.1) is 0 Å². The predicted octanol–water partition coefficient (Wildman–Crippen LogP) is -2.41. The average Bonchev–Trinajstić information content (AvgIpc) is 2.10. The number of carboxylic acid groups (broad SMARTS) is 1. The molecule has 0 saturated carbocycles. The molecule has 82 valence electrons. The Morgan fingerprint density at radius 3 is 2.43 bits per heavy atom. The van der Waals surface area contributed by atoms with E-state index in [4.69, 9.17) is 5.73 Å². The van der Waals surface area contributed by atoms with Crippen LogP contribution in [0.15, 0.2) is 0 Å². The van der Waals surface area contributed by atoms with Crippen molar-refractivity contribution in [3.05, 3.63) is 0 Å². The van der Waals surface area contributed by atoms with Crippen molar-refractivity contribution in [2.75, 3.05) is 6.54 Å². The zero-order valence-electron chi connectivity index (χ0n) is 8.66. The molecule has 0 aliphatic heterocycles. The van der Waals surface area contributed by atoms with Gasteiger partial charge in [-0.25, -0.2) is 0 Å². The summed E-state index contributed by atoms with van der Waals surface area (Å²) in [5.41, 5.74) is 4.94. The van der Waals surface area contributed by atoms with Crippen molar-refractivity contribution in [3.63, 3.8) is 0 Å². The van der Waals surface area contributed by atoms with Gasteiger partial charge in [-0.2, -0.15) is 0 Å². The second kappa shape index (κ2) is 6.37. The first-order chi connectivity index (χ1) is 6.49. The Bertz CT molecular complexity index is 206. The first kappa shape index (κ1) is 12.9. The Kier molecular flexibility index (Phi) is 5.87. The van der Waals surface area contributed by atoms with Gasteiger partial charge in [0, 0.05) is 5.92 Å². The summed E-state index contributed by atoms with van der Waals surface area (Å²) in [6.07, 6.45) is 0.964. The molecule has 0 aromatic heterocycles. The molecule has 0 unspecified atom stereocenters. The van der Waals surface area contributed by atoms with Gasteiger partial charge in [-0.05, 0) is 6.42 Å². The lowest BCUT2D eigenvalue weighted by atomic mass is 9.99. The SMILES string of the molecule is CC[C@H](C)[C@H]([NH2+]CCC(N)=O)C(=O)[O-]. The van der Waals surface area contributed by atoms with Crippen molar-refractivity contribution in [1.82, 2.24) is 0 Å². The fourth-order valence-corrected chi connectivity index (χ4v) is 1.22. The summed E-state index contributed by atoms with van der Waals surface area (Å²) >= 11 is 0. The lowest BCUT2D eigenvalue weighted by Gasteiger charge is -2.21. The maximum Gasteiger partial charge on any atom is 0.223 e. The third-order valence-electron chi connectivity index (χ3n) is 2.34. The van der Waals surface area contributed by atoms with Crippen LogP contribution in [0.2, 0.25) is 0 Å². The van der Waals surface area contributed by atoms with Crippen molar-refractivity contribution in [3.8, 4) is 0 Å². The summed E-state index contributed by atoms with van der Waals surface area (Å²) in [5, 5.41) is 12.3. The zero-order chi connectivity index (χ0) is 11.1. The molecule has 0 aromatic rings. The van der Waals surface area contributed by atoms with E-state index in [0.717, 1.165) is 6.42 Å². The highest BCUT2D eigenvalue weighted by Gasteiger charge is 2.19. The van der Waals surface area contributed by atoms with Crippen LogP contribution < -0.4 is 16.2 Å². The standard InChI is InChI=1S/C9H18N2O3/c1-3-6(2)8(9(13)14)11-5-4-7(10)12/h6,8,11H,3-5H2,1-2H3,(H2,10,12)(H,13,14)/t6-,8-/m0/s1. The molecule has 0 saturated heterocycles. The third kappa shape index (κ3) is 4.81. The van der Waals surface area contributed by atoms with Crippen molar-refractivity contribution in [1.29, 1.82) is 0 Å². The summed E-state index contributed by atoms with van der Waals surface area (Å²) in [7, 11) is 0. The van der Waals surface area contributed by atoms with Crippen LogP contribution in [-0.2, 0) is 9.59 Å². The second-order valence-electron chi connectivity index (χ2n) is 3.47. The highest BCUT2D eigenvalue weighted by atomic mass is 16.4. The number of rotatable bonds is 7. The van der Waals surface area contributed by atoms with E-state index in [0.29, 0.717) is 6.54 Å². The summed E-state index contributed by atoms with van der Waals surface area (Å²) in [6, 6.07) is -0.584. The van der Waals surface area contributed by atoms with E-state index in [9.17, 15) is 14.7 Å². The van der Waals surface area contributed by atoms with Gasteiger partial charge in [0.1, 0.15) is 6.04 Å². The number of hydrogen-bond donors (Lipinski definition) is 2. The van der Waals surface area contributed by atoms with Crippen molar-refractivity contribution in [2.45, 2.75) is 32.7 Å². The minimum absolute atomic E-state index is 0.0351. The monoisotopic (exact) mass is 202 g/mol. The van der Waals surface area contributed by atoms with Crippen LogP contribution in [0.4, 0.5) is 0 Å². The molecule has 5 nitrogen and oxygen atoms in total. The molecular formula is C9H18N2O3. The van der Waals surface area contributed by atoms with E-state index in [1.807, 2.05) is 13.8 Å². The minimum atomic E-state index is -1.08. The average molecular weight is 202 g/mol. The molecular weight excluding hydrogens is 184 g/mol. The van der Waals surface area contributed by atoms with E-state index in [1.165, 1.54) is 0 Å². The van der Waals surface area contributed by atoms with E-state index in [1.54, 1.807) is 5.32 Å². The van der Waals surface area contributed by atoms with Crippen LogP contribution in [0.25, 0.3) is 0 Å². The molecule has 14 heavy (non-hydrogen) atoms. The van der Waals surface area contributed by atoms with E-state index in [-0.39, 0.29) is 12.3 Å². The topological polar surface area (TPSA) is 99.8 Å².